The van der Waals surface area contributed by atoms with Crippen molar-refractivity contribution < 1.29 is 19.1 Å². The molecule has 0 radical (unpaired) electrons. The lowest BCUT2D eigenvalue weighted by atomic mass is 9.78. The zero-order valence-corrected chi connectivity index (χ0v) is 16.7. The van der Waals surface area contributed by atoms with Crippen molar-refractivity contribution in [1.82, 2.24) is 0 Å². The van der Waals surface area contributed by atoms with E-state index in [1.54, 1.807) is 0 Å². The summed E-state index contributed by atoms with van der Waals surface area (Å²) in [6.07, 6.45) is 8.93. The summed E-state index contributed by atoms with van der Waals surface area (Å²) in [4.78, 5) is 23.4. The Balaban J connectivity index is 2.38. The molecule has 1 saturated heterocycles. The fourth-order valence-corrected chi connectivity index (χ4v) is 4.09. The summed E-state index contributed by atoms with van der Waals surface area (Å²) in [6, 6.07) is 0. The maximum absolute atomic E-state index is 11.8. The monoisotopic (exact) mass is 360 g/mol. The van der Waals surface area contributed by atoms with Crippen molar-refractivity contribution in [3.63, 3.8) is 0 Å². The minimum absolute atomic E-state index is 0.0552. The molecule has 144 valence electrons. The molecule has 4 atom stereocenters. The van der Waals surface area contributed by atoms with Crippen molar-refractivity contribution in [3.8, 4) is 0 Å². The van der Waals surface area contributed by atoms with Crippen LogP contribution < -0.4 is 0 Å². The Morgan fingerprint density at radius 2 is 2.12 bits per heavy atom. The molecular formula is C22H32O4. The van der Waals surface area contributed by atoms with E-state index in [-0.39, 0.29) is 18.0 Å². The molecule has 2 aliphatic rings. The largest absolute Gasteiger partial charge is 0.432 e. The second-order valence-electron chi connectivity index (χ2n) is 7.87. The van der Waals surface area contributed by atoms with E-state index in [1.807, 2.05) is 0 Å². The Bertz CT molecular complexity index is 622. The van der Waals surface area contributed by atoms with Crippen LogP contribution in [-0.4, -0.2) is 24.6 Å². The maximum Gasteiger partial charge on any atom is 0.305 e. The van der Waals surface area contributed by atoms with Gasteiger partial charge in [-0.15, -0.1) is 0 Å². The van der Waals surface area contributed by atoms with E-state index in [0.29, 0.717) is 12.3 Å². The van der Waals surface area contributed by atoms with Crippen LogP contribution in [-0.2, 0) is 19.1 Å². The van der Waals surface area contributed by atoms with Gasteiger partial charge in [0.25, 0.3) is 0 Å². The fraction of sp³-hybridized carbons (Fsp3) is 0.636. The van der Waals surface area contributed by atoms with Gasteiger partial charge in [0.05, 0.1) is 6.10 Å². The Labute approximate surface area is 157 Å². The van der Waals surface area contributed by atoms with Gasteiger partial charge in [0.15, 0.2) is 0 Å². The quantitative estimate of drug-likeness (QED) is 0.384. The summed E-state index contributed by atoms with van der Waals surface area (Å²) in [6.45, 7) is 9.93. The van der Waals surface area contributed by atoms with Crippen LogP contribution in [0.1, 0.15) is 66.7 Å². The Morgan fingerprint density at radius 1 is 1.38 bits per heavy atom. The number of ether oxygens (including phenoxy) is 2. The highest BCUT2D eigenvalue weighted by Gasteiger charge is 2.45. The third-order valence-electron chi connectivity index (χ3n) is 5.32. The number of carbonyl (C=O) groups excluding carboxylic acids is 2. The van der Waals surface area contributed by atoms with Gasteiger partial charge >= 0.3 is 5.97 Å². The number of carbonyl (C=O) groups is 2. The van der Waals surface area contributed by atoms with E-state index in [0.717, 1.165) is 43.1 Å². The van der Waals surface area contributed by atoms with E-state index in [2.05, 4.69) is 39.8 Å². The molecule has 0 aromatic carbocycles. The van der Waals surface area contributed by atoms with Crippen LogP contribution in [0.2, 0.25) is 0 Å². The number of hydrogen-bond acceptors (Lipinski definition) is 4. The van der Waals surface area contributed by atoms with Crippen molar-refractivity contribution in [2.45, 2.75) is 79.1 Å². The van der Waals surface area contributed by atoms with Crippen molar-refractivity contribution in [3.05, 3.63) is 34.4 Å². The molecule has 1 fully saturated rings. The standard InChI is InChI=1S/C22H32O4/c1-14(2)8-6-10-16(4)20-19-12-15(3)9-7-11-18(13-23)21(20)22(26-19)25-17(5)24/h8-9,13,16,19-20,22H,6-7,10-12H2,1-5H3/b15-9+,21-18+/t16-,19-,20-,22+/m1/s1. The smallest absolute Gasteiger partial charge is 0.305 e. The Morgan fingerprint density at radius 3 is 2.73 bits per heavy atom. The first-order chi connectivity index (χ1) is 12.3. The van der Waals surface area contributed by atoms with Crippen LogP contribution in [0.4, 0.5) is 0 Å². The maximum atomic E-state index is 11.8. The van der Waals surface area contributed by atoms with E-state index in [9.17, 15) is 9.59 Å². The molecule has 0 saturated carbocycles. The highest BCUT2D eigenvalue weighted by Crippen LogP contribution is 2.44. The lowest BCUT2D eigenvalue weighted by Crippen LogP contribution is -2.24. The molecule has 26 heavy (non-hydrogen) atoms. The molecule has 0 N–H and O–H groups in total. The summed E-state index contributed by atoms with van der Waals surface area (Å²) in [5.74, 6) is 0.0669. The fourth-order valence-electron chi connectivity index (χ4n) is 4.09. The van der Waals surface area contributed by atoms with Crippen LogP contribution in [0.25, 0.3) is 0 Å². The lowest BCUT2D eigenvalue weighted by Gasteiger charge is -2.25. The molecule has 2 bridgehead atoms. The lowest BCUT2D eigenvalue weighted by molar-refractivity contribution is -0.168. The average Bonchev–Trinajstić information content (AvgIpc) is 2.90. The van der Waals surface area contributed by atoms with Gasteiger partial charge < -0.3 is 9.47 Å². The molecule has 0 unspecified atom stereocenters. The predicted molar refractivity (Wildman–Crippen MR) is 102 cm³/mol. The van der Waals surface area contributed by atoms with Gasteiger partial charge in [-0.25, -0.2) is 0 Å². The van der Waals surface area contributed by atoms with Gasteiger partial charge in [0.2, 0.25) is 6.29 Å². The van der Waals surface area contributed by atoms with Crippen molar-refractivity contribution in [1.29, 1.82) is 0 Å². The molecule has 1 aliphatic carbocycles. The number of allylic oxidation sites excluding steroid dienone is 4. The first kappa shape index (κ1) is 20.6. The zero-order valence-electron chi connectivity index (χ0n) is 16.7. The normalized spacial score (nSPS) is 31.7. The number of aldehydes is 1. The summed E-state index contributed by atoms with van der Waals surface area (Å²) in [5, 5.41) is 0. The van der Waals surface area contributed by atoms with Crippen LogP contribution >= 0.6 is 0 Å². The van der Waals surface area contributed by atoms with Crippen molar-refractivity contribution >= 4 is 12.3 Å². The topological polar surface area (TPSA) is 52.6 Å². The molecule has 2 rings (SSSR count). The van der Waals surface area contributed by atoms with Gasteiger partial charge in [0.1, 0.15) is 6.29 Å². The van der Waals surface area contributed by atoms with Gasteiger partial charge in [0, 0.05) is 18.4 Å². The summed E-state index contributed by atoms with van der Waals surface area (Å²) >= 11 is 0. The van der Waals surface area contributed by atoms with Crippen LogP contribution in [0.5, 0.6) is 0 Å². The average molecular weight is 360 g/mol. The third-order valence-corrected chi connectivity index (χ3v) is 5.32. The number of fused-ring (bicyclic) bond motifs is 2. The molecule has 4 nitrogen and oxygen atoms in total. The Kier molecular flexibility index (Phi) is 7.39. The van der Waals surface area contributed by atoms with Crippen molar-refractivity contribution in [2.75, 3.05) is 0 Å². The molecule has 4 heteroatoms. The van der Waals surface area contributed by atoms with Gasteiger partial charge in [-0.2, -0.15) is 0 Å². The molecule has 0 spiro atoms. The molecule has 0 aromatic rings. The minimum atomic E-state index is -0.723. The minimum Gasteiger partial charge on any atom is -0.432 e. The molecule has 0 aromatic heterocycles. The summed E-state index contributed by atoms with van der Waals surface area (Å²) in [7, 11) is 0. The first-order valence-electron chi connectivity index (χ1n) is 9.63. The molecule has 1 heterocycles. The third kappa shape index (κ3) is 5.16. The van der Waals surface area contributed by atoms with Gasteiger partial charge in [-0.1, -0.05) is 30.2 Å². The summed E-state index contributed by atoms with van der Waals surface area (Å²) in [5.41, 5.74) is 4.22. The van der Waals surface area contributed by atoms with E-state index in [1.165, 1.54) is 18.1 Å². The zero-order chi connectivity index (χ0) is 19.3. The van der Waals surface area contributed by atoms with Gasteiger partial charge in [-0.05, 0) is 64.4 Å². The van der Waals surface area contributed by atoms with Crippen LogP contribution in [0.15, 0.2) is 34.4 Å². The highest BCUT2D eigenvalue weighted by molar-refractivity contribution is 5.76. The van der Waals surface area contributed by atoms with Crippen molar-refractivity contribution in [2.24, 2.45) is 11.8 Å². The van der Waals surface area contributed by atoms with E-state index >= 15 is 0 Å². The second-order valence-corrected chi connectivity index (χ2v) is 7.87. The Hall–Kier alpha value is -1.68. The SMILES string of the molecule is CC(=O)O[C@H]1O[C@@H]2C/C(C)=C/CC/C(C=O)=C\1[C@@H]2[C@H](C)CCC=C(C)C. The summed E-state index contributed by atoms with van der Waals surface area (Å²) < 4.78 is 11.6. The predicted octanol–water partition coefficient (Wildman–Crippen LogP) is 4.90. The van der Waals surface area contributed by atoms with E-state index in [4.69, 9.17) is 9.47 Å². The number of hydrogen-bond donors (Lipinski definition) is 0. The van der Waals surface area contributed by atoms with Crippen LogP contribution in [0, 0.1) is 11.8 Å². The molecule has 0 amide bonds. The van der Waals surface area contributed by atoms with Crippen LogP contribution in [0.3, 0.4) is 0 Å². The van der Waals surface area contributed by atoms with Gasteiger partial charge in [-0.3, -0.25) is 9.59 Å². The first-order valence-corrected chi connectivity index (χ1v) is 9.63. The second kappa shape index (κ2) is 9.31. The highest BCUT2D eigenvalue weighted by atomic mass is 16.7. The molecular weight excluding hydrogens is 328 g/mol. The number of rotatable bonds is 6. The number of esters is 1. The van der Waals surface area contributed by atoms with E-state index < -0.39 is 6.29 Å². The molecule has 1 aliphatic heterocycles.